The van der Waals surface area contributed by atoms with Crippen molar-refractivity contribution in [2.75, 3.05) is 13.1 Å². The first kappa shape index (κ1) is 18.2. The van der Waals surface area contributed by atoms with Gasteiger partial charge in [-0.1, -0.05) is 31.5 Å². The van der Waals surface area contributed by atoms with E-state index in [0.717, 1.165) is 11.3 Å². The van der Waals surface area contributed by atoms with Crippen molar-refractivity contribution >= 4 is 15.9 Å². The van der Waals surface area contributed by atoms with Crippen LogP contribution >= 0.6 is 0 Å². The predicted octanol–water partition coefficient (Wildman–Crippen LogP) is 1.55. The first-order valence-electron chi connectivity index (χ1n) is 7.69. The molecule has 7 nitrogen and oxygen atoms in total. The smallest absolute Gasteiger partial charge is 0.271 e. The number of nitrogens with zero attached hydrogens (tertiary/aromatic N) is 1. The summed E-state index contributed by atoms with van der Waals surface area (Å²) in [5, 5.41) is 9.39. The van der Waals surface area contributed by atoms with Gasteiger partial charge in [-0.3, -0.25) is 9.89 Å². The number of hydrogen-bond donors (Lipinski definition) is 3. The van der Waals surface area contributed by atoms with Crippen molar-refractivity contribution in [3.05, 3.63) is 47.3 Å². The summed E-state index contributed by atoms with van der Waals surface area (Å²) < 4.78 is 26.6. The van der Waals surface area contributed by atoms with Crippen molar-refractivity contribution in [2.45, 2.75) is 31.6 Å². The Morgan fingerprint density at radius 1 is 1.21 bits per heavy atom. The summed E-state index contributed by atoms with van der Waals surface area (Å²) >= 11 is 0. The molecule has 0 fully saturated rings. The zero-order valence-corrected chi connectivity index (χ0v) is 14.8. The van der Waals surface area contributed by atoms with Crippen LogP contribution in [0.2, 0.25) is 0 Å². The van der Waals surface area contributed by atoms with Crippen molar-refractivity contribution in [1.29, 1.82) is 0 Å². The highest BCUT2D eigenvalue weighted by Gasteiger charge is 2.14. The predicted molar refractivity (Wildman–Crippen MR) is 91.4 cm³/mol. The molecule has 1 amide bonds. The summed E-state index contributed by atoms with van der Waals surface area (Å²) in [6.45, 7) is 6.15. The lowest BCUT2D eigenvalue weighted by atomic mass is 10.1. The quantitative estimate of drug-likeness (QED) is 0.659. The van der Waals surface area contributed by atoms with E-state index in [9.17, 15) is 13.2 Å². The van der Waals surface area contributed by atoms with E-state index in [1.807, 2.05) is 20.8 Å². The number of amides is 1. The number of carbonyl (C=O) groups excluding carboxylic acids is 1. The van der Waals surface area contributed by atoms with Crippen molar-refractivity contribution in [3.63, 3.8) is 0 Å². The van der Waals surface area contributed by atoms with E-state index in [1.54, 1.807) is 30.3 Å². The number of H-pyrrole nitrogens is 1. The Bertz CT molecular complexity index is 795. The summed E-state index contributed by atoms with van der Waals surface area (Å²) in [5.74, 6) is -0.0898. The Morgan fingerprint density at radius 3 is 2.46 bits per heavy atom. The first-order chi connectivity index (χ1) is 11.3. The van der Waals surface area contributed by atoms with Crippen LogP contribution in [0.25, 0.3) is 0 Å². The molecule has 8 heteroatoms. The lowest BCUT2D eigenvalue weighted by Gasteiger charge is -2.07. The molecule has 0 aliphatic heterocycles. The standard InChI is InChI=1S/C16H22N4O3S/c1-11(2)14-10-15(20-19-14)16(21)17-8-9-18-24(22,23)13-6-4-12(3)5-7-13/h4-7,10-11,18H,8-9H2,1-3H3,(H,17,21)(H,19,20). The molecule has 0 radical (unpaired) electrons. The fourth-order valence-corrected chi connectivity index (χ4v) is 3.03. The monoisotopic (exact) mass is 350 g/mol. The maximum Gasteiger partial charge on any atom is 0.271 e. The summed E-state index contributed by atoms with van der Waals surface area (Å²) in [6.07, 6.45) is 0. The van der Waals surface area contributed by atoms with Gasteiger partial charge in [0, 0.05) is 18.8 Å². The van der Waals surface area contributed by atoms with Crippen LogP contribution in [0.15, 0.2) is 35.2 Å². The number of rotatable bonds is 7. The zero-order chi connectivity index (χ0) is 17.7. The van der Waals surface area contributed by atoms with Crippen molar-refractivity contribution in [1.82, 2.24) is 20.2 Å². The van der Waals surface area contributed by atoms with Gasteiger partial charge in [-0.15, -0.1) is 0 Å². The molecule has 24 heavy (non-hydrogen) atoms. The van der Waals surface area contributed by atoms with Crippen molar-refractivity contribution in [2.24, 2.45) is 0 Å². The Hall–Kier alpha value is -2.19. The fourth-order valence-electron chi connectivity index (χ4n) is 2.00. The van der Waals surface area contributed by atoms with Crippen LogP contribution in [0.4, 0.5) is 0 Å². The van der Waals surface area contributed by atoms with E-state index >= 15 is 0 Å². The third-order valence-corrected chi connectivity index (χ3v) is 4.96. The van der Waals surface area contributed by atoms with Gasteiger partial charge in [-0.2, -0.15) is 5.10 Å². The average molecular weight is 350 g/mol. The number of aromatic nitrogens is 2. The third-order valence-electron chi connectivity index (χ3n) is 3.49. The van der Waals surface area contributed by atoms with Crippen LogP contribution < -0.4 is 10.0 Å². The fraction of sp³-hybridized carbons (Fsp3) is 0.375. The zero-order valence-electron chi connectivity index (χ0n) is 14.0. The molecule has 0 saturated carbocycles. The van der Waals surface area contributed by atoms with Crippen LogP contribution in [0.5, 0.6) is 0 Å². The molecule has 0 spiro atoms. The Balaban J connectivity index is 1.83. The van der Waals surface area contributed by atoms with Crippen LogP contribution in [-0.4, -0.2) is 37.6 Å². The molecule has 130 valence electrons. The van der Waals surface area contributed by atoms with E-state index in [-0.39, 0.29) is 29.8 Å². The van der Waals surface area contributed by atoms with Gasteiger partial charge >= 0.3 is 0 Å². The number of hydrogen-bond acceptors (Lipinski definition) is 4. The molecule has 2 aromatic rings. The number of sulfonamides is 1. The molecule has 0 saturated heterocycles. The molecular formula is C16H22N4O3S. The van der Waals surface area contributed by atoms with Crippen LogP contribution in [-0.2, 0) is 10.0 Å². The van der Waals surface area contributed by atoms with E-state index in [2.05, 4.69) is 20.2 Å². The van der Waals surface area contributed by atoms with Gasteiger partial charge in [-0.25, -0.2) is 13.1 Å². The number of nitrogens with one attached hydrogen (secondary N) is 3. The second-order valence-corrected chi connectivity index (χ2v) is 7.60. The normalized spacial score (nSPS) is 11.7. The van der Waals surface area contributed by atoms with E-state index in [0.29, 0.717) is 5.69 Å². The lowest BCUT2D eigenvalue weighted by Crippen LogP contribution is -2.34. The van der Waals surface area contributed by atoms with Crippen molar-refractivity contribution in [3.8, 4) is 0 Å². The van der Waals surface area contributed by atoms with Gasteiger partial charge < -0.3 is 5.32 Å². The Morgan fingerprint density at radius 2 is 1.88 bits per heavy atom. The molecule has 0 bridgehead atoms. The van der Waals surface area contributed by atoms with Gasteiger partial charge in [0.2, 0.25) is 10.0 Å². The maximum absolute atomic E-state index is 12.1. The van der Waals surface area contributed by atoms with Gasteiger partial charge in [0.1, 0.15) is 5.69 Å². The molecular weight excluding hydrogens is 328 g/mol. The topological polar surface area (TPSA) is 104 Å². The Kier molecular flexibility index (Phi) is 5.74. The second-order valence-electron chi connectivity index (χ2n) is 5.83. The SMILES string of the molecule is Cc1ccc(S(=O)(=O)NCCNC(=O)c2cc(C(C)C)[nH]n2)cc1. The largest absolute Gasteiger partial charge is 0.349 e. The number of aryl methyl sites for hydroxylation is 1. The van der Waals surface area contributed by atoms with E-state index < -0.39 is 10.0 Å². The molecule has 0 atom stereocenters. The highest BCUT2D eigenvalue weighted by molar-refractivity contribution is 7.89. The highest BCUT2D eigenvalue weighted by atomic mass is 32.2. The summed E-state index contributed by atoms with van der Waals surface area (Å²) in [6, 6.07) is 8.26. The van der Waals surface area contributed by atoms with Crippen LogP contribution in [0.3, 0.4) is 0 Å². The molecule has 0 unspecified atom stereocenters. The molecule has 2 rings (SSSR count). The van der Waals surface area contributed by atoms with Crippen LogP contribution in [0, 0.1) is 6.92 Å². The molecule has 1 aromatic carbocycles. The van der Waals surface area contributed by atoms with Gasteiger partial charge in [0.25, 0.3) is 5.91 Å². The van der Waals surface area contributed by atoms with Crippen LogP contribution in [0.1, 0.15) is 41.5 Å². The van der Waals surface area contributed by atoms with Gasteiger partial charge in [-0.05, 0) is 31.0 Å². The summed E-state index contributed by atoms with van der Waals surface area (Å²) in [7, 11) is -3.57. The van der Waals surface area contributed by atoms with E-state index in [1.165, 1.54) is 0 Å². The lowest BCUT2D eigenvalue weighted by molar-refractivity contribution is 0.0949. The van der Waals surface area contributed by atoms with Crippen molar-refractivity contribution < 1.29 is 13.2 Å². The summed E-state index contributed by atoms with van der Waals surface area (Å²) in [5.41, 5.74) is 2.15. The third kappa shape index (κ3) is 4.65. The Labute approximate surface area is 141 Å². The second kappa shape index (κ2) is 7.59. The van der Waals surface area contributed by atoms with Gasteiger partial charge in [0.05, 0.1) is 4.90 Å². The average Bonchev–Trinajstić information content (AvgIpc) is 3.02. The minimum Gasteiger partial charge on any atom is -0.349 e. The number of benzene rings is 1. The minimum atomic E-state index is -3.57. The number of aromatic amines is 1. The molecule has 1 aromatic heterocycles. The molecule has 1 heterocycles. The highest BCUT2D eigenvalue weighted by Crippen LogP contribution is 2.12. The first-order valence-corrected chi connectivity index (χ1v) is 9.18. The minimum absolute atomic E-state index is 0.101. The maximum atomic E-state index is 12.1. The van der Waals surface area contributed by atoms with Gasteiger partial charge in [0.15, 0.2) is 0 Å². The molecule has 0 aliphatic carbocycles. The van der Waals surface area contributed by atoms with E-state index in [4.69, 9.17) is 0 Å². The summed E-state index contributed by atoms with van der Waals surface area (Å²) in [4.78, 5) is 12.1. The molecule has 0 aliphatic rings. The molecule has 3 N–H and O–H groups in total. The number of carbonyl (C=O) groups is 1.